The van der Waals surface area contributed by atoms with Crippen LogP contribution < -0.4 is 5.32 Å². The van der Waals surface area contributed by atoms with Crippen LogP contribution in [0.25, 0.3) is 0 Å². The normalized spacial score (nSPS) is 18.9. The lowest BCUT2D eigenvalue weighted by atomic mass is 9.89. The zero-order valence-electron chi connectivity index (χ0n) is 12.7. The minimum atomic E-state index is -0.178. The van der Waals surface area contributed by atoms with Crippen LogP contribution in [-0.2, 0) is 0 Å². The zero-order valence-corrected chi connectivity index (χ0v) is 15.1. The fraction of sp³-hybridized carbons (Fsp3) is 0.625. The maximum absolute atomic E-state index is 13.3. The van der Waals surface area contributed by atoms with Crippen molar-refractivity contribution in [3.63, 3.8) is 0 Å². The first-order valence-electron chi connectivity index (χ1n) is 7.53. The summed E-state index contributed by atoms with van der Waals surface area (Å²) in [5, 5.41) is 3.40. The SMILES string of the molecule is CCCC(C)[C@@H](c1ccc(F)cc1Br)N1CCNCC1.Cl. The van der Waals surface area contributed by atoms with Gasteiger partial charge in [0.15, 0.2) is 0 Å². The number of nitrogens with one attached hydrogen (secondary N) is 1. The minimum absolute atomic E-state index is 0. The molecule has 1 aromatic carbocycles. The van der Waals surface area contributed by atoms with E-state index >= 15 is 0 Å². The van der Waals surface area contributed by atoms with E-state index in [1.54, 1.807) is 12.1 Å². The van der Waals surface area contributed by atoms with Gasteiger partial charge < -0.3 is 5.32 Å². The molecule has 0 aromatic heterocycles. The summed E-state index contributed by atoms with van der Waals surface area (Å²) in [6.07, 6.45) is 2.38. The third-order valence-corrected chi connectivity index (χ3v) is 4.80. The Bertz CT molecular complexity index is 438. The minimum Gasteiger partial charge on any atom is -0.314 e. The Morgan fingerprint density at radius 1 is 1.33 bits per heavy atom. The summed E-state index contributed by atoms with van der Waals surface area (Å²) in [6, 6.07) is 5.47. The van der Waals surface area contributed by atoms with E-state index in [-0.39, 0.29) is 18.2 Å². The van der Waals surface area contributed by atoms with Crippen LogP contribution >= 0.6 is 28.3 Å². The summed E-state index contributed by atoms with van der Waals surface area (Å²) in [5.74, 6) is 0.391. The van der Waals surface area contributed by atoms with E-state index in [9.17, 15) is 4.39 Å². The average molecular weight is 380 g/mol. The van der Waals surface area contributed by atoms with Crippen molar-refractivity contribution >= 4 is 28.3 Å². The Morgan fingerprint density at radius 2 is 2.00 bits per heavy atom. The highest BCUT2D eigenvalue weighted by Crippen LogP contribution is 2.36. The molecule has 1 N–H and O–H groups in total. The number of nitrogens with zero attached hydrogens (tertiary/aromatic N) is 1. The molecular formula is C16H25BrClFN2. The van der Waals surface area contributed by atoms with Gasteiger partial charge in [-0.3, -0.25) is 4.90 Å². The summed E-state index contributed by atoms with van der Waals surface area (Å²) in [6.45, 7) is 8.73. The monoisotopic (exact) mass is 378 g/mol. The molecular weight excluding hydrogens is 355 g/mol. The second-order valence-corrected chi connectivity index (χ2v) is 6.52. The molecule has 0 bridgehead atoms. The highest BCUT2D eigenvalue weighted by Gasteiger charge is 2.28. The van der Waals surface area contributed by atoms with Gasteiger partial charge in [-0.1, -0.05) is 42.3 Å². The lowest BCUT2D eigenvalue weighted by Gasteiger charge is -2.39. The Morgan fingerprint density at radius 3 is 2.57 bits per heavy atom. The van der Waals surface area contributed by atoms with E-state index in [0.29, 0.717) is 12.0 Å². The first-order chi connectivity index (χ1) is 9.63. The van der Waals surface area contributed by atoms with Crippen LogP contribution in [0.3, 0.4) is 0 Å². The summed E-state index contributed by atoms with van der Waals surface area (Å²) in [5.41, 5.74) is 1.22. The predicted molar refractivity (Wildman–Crippen MR) is 92.6 cm³/mol. The van der Waals surface area contributed by atoms with Crippen LogP contribution in [0.15, 0.2) is 22.7 Å². The molecule has 1 saturated heterocycles. The topological polar surface area (TPSA) is 15.3 Å². The first kappa shape index (κ1) is 18.9. The Labute approximate surface area is 142 Å². The van der Waals surface area contributed by atoms with Gasteiger partial charge in [-0.15, -0.1) is 12.4 Å². The van der Waals surface area contributed by atoms with Gasteiger partial charge in [-0.05, 0) is 30.0 Å². The molecule has 2 nitrogen and oxygen atoms in total. The average Bonchev–Trinajstić information content (AvgIpc) is 2.43. The van der Waals surface area contributed by atoms with E-state index < -0.39 is 0 Å². The van der Waals surface area contributed by atoms with Crippen LogP contribution in [0.4, 0.5) is 4.39 Å². The molecule has 0 aliphatic carbocycles. The summed E-state index contributed by atoms with van der Waals surface area (Å²) >= 11 is 3.55. The number of halogens is 3. The Balaban J connectivity index is 0.00000220. The molecule has 5 heteroatoms. The van der Waals surface area contributed by atoms with Gasteiger partial charge in [0.05, 0.1) is 0 Å². The van der Waals surface area contributed by atoms with E-state index in [1.807, 2.05) is 6.07 Å². The molecule has 1 unspecified atom stereocenters. The Hall–Kier alpha value is -0.160. The molecule has 1 fully saturated rings. The number of rotatable bonds is 5. The van der Waals surface area contributed by atoms with Gasteiger partial charge in [0.1, 0.15) is 5.82 Å². The largest absolute Gasteiger partial charge is 0.314 e. The summed E-state index contributed by atoms with van der Waals surface area (Å²) in [7, 11) is 0. The van der Waals surface area contributed by atoms with Crippen LogP contribution in [0, 0.1) is 11.7 Å². The fourth-order valence-electron chi connectivity index (χ4n) is 3.18. The third kappa shape index (κ3) is 4.92. The first-order valence-corrected chi connectivity index (χ1v) is 8.32. The van der Waals surface area contributed by atoms with Crippen LogP contribution in [-0.4, -0.2) is 31.1 Å². The molecule has 1 aliphatic heterocycles. The third-order valence-electron chi connectivity index (χ3n) is 4.11. The van der Waals surface area contributed by atoms with Crippen molar-refractivity contribution in [3.05, 3.63) is 34.1 Å². The lowest BCUT2D eigenvalue weighted by molar-refractivity contribution is 0.125. The van der Waals surface area contributed by atoms with Crippen molar-refractivity contribution in [2.75, 3.05) is 26.2 Å². The highest BCUT2D eigenvalue weighted by molar-refractivity contribution is 9.10. The summed E-state index contributed by atoms with van der Waals surface area (Å²) < 4.78 is 14.2. The molecule has 1 heterocycles. The van der Waals surface area contributed by atoms with Gasteiger partial charge >= 0.3 is 0 Å². The Kier molecular flexibility index (Phi) is 8.17. The molecule has 120 valence electrons. The molecule has 21 heavy (non-hydrogen) atoms. The van der Waals surface area contributed by atoms with Crippen molar-refractivity contribution in [2.45, 2.75) is 32.7 Å². The van der Waals surface area contributed by atoms with E-state index in [4.69, 9.17) is 0 Å². The van der Waals surface area contributed by atoms with Gasteiger partial charge in [0, 0.05) is 36.7 Å². The van der Waals surface area contributed by atoms with Gasteiger partial charge in [0.2, 0.25) is 0 Å². The van der Waals surface area contributed by atoms with Crippen molar-refractivity contribution < 1.29 is 4.39 Å². The van der Waals surface area contributed by atoms with E-state index in [0.717, 1.165) is 30.7 Å². The van der Waals surface area contributed by atoms with Crippen molar-refractivity contribution in [1.29, 1.82) is 0 Å². The van der Waals surface area contributed by atoms with Crippen molar-refractivity contribution in [3.8, 4) is 0 Å². The number of hydrogen-bond acceptors (Lipinski definition) is 2. The molecule has 1 aromatic rings. The molecule has 1 aliphatic rings. The standard InChI is InChI=1S/C16H24BrFN2.ClH/c1-3-4-12(2)16(20-9-7-19-8-10-20)14-6-5-13(18)11-15(14)17;/h5-6,11-12,16,19H,3-4,7-10H2,1-2H3;1H/t12?,16-;/m0./s1. The van der Waals surface area contributed by atoms with Crippen LogP contribution in [0.5, 0.6) is 0 Å². The molecule has 0 radical (unpaired) electrons. The van der Waals surface area contributed by atoms with Crippen LogP contribution in [0.1, 0.15) is 38.3 Å². The maximum Gasteiger partial charge on any atom is 0.124 e. The maximum atomic E-state index is 13.3. The van der Waals surface area contributed by atoms with Crippen molar-refractivity contribution in [1.82, 2.24) is 10.2 Å². The fourth-order valence-corrected chi connectivity index (χ4v) is 3.76. The predicted octanol–water partition coefficient (Wildman–Crippen LogP) is 4.39. The van der Waals surface area contributed by atoms with Gasteiger partial charge in [0.25, 0.3) is 0 Å². The number of hydrogen-bond donors (Lipinski definition) is 1. The molecule has 0 amide bonds. The highest BCUT2D eigenvalue weighted by atomic mass is 79.9. The van der Waals surface area contributed by atoms with Gasteiger partial charge in [-0.2, -0.15) is 0 Å². The van der Waals surface area contributed by atoms with E-state index in [1.165, 1.54) is 18.4 Å². The smallest absolute Gasteiger partial charge is 0.124 e. The lowest BCUT2D eigenvalue weighted by Crippen LogP contribution is -2.46. The number of piperazine rings is 1. The second-order valence-electron chi connectivity index (χ2n) is 5.66. The summed E-state index contributed by atoms with van der Waals surface area (Å²) in [4.78, 5) is 2.54. The number of benzene rings is 1. The van der Waals surface area contributed by atoms with Crippen LogP contribution in [0.2, 0.25) is 0 Å². The van der Waals surface area contributed by atoms with E-state index in [2.05, 4.69) is 40.0 Å². The second kappa shape index (κ2) is 9.09. The van der Waals surface area contributed by atoms with Crippen molar-refractivity contribution in [2.24, 2.45) is 5.92 Å². The molecule has 2 rings (SSSR count). The molecule has 0 saturated carbocycles. The molecule has 0 spiro atoms. The zero-order chi connectivity index (χ0) is 14.5. The van der Waals surface area contributed by atoms with Gasteiger partial charge in [-0.25, -0.2) is 4.39 Å². The quantitative estimate of drug-likeness (QED) is 0.816. The molecule has 2 atom stereocenters.